The second-order valence-electron chi connectivity index (χ2n) is 2.41. The van der Waals surface area contributed by atoms with Crippen LogP contribution in [-0.2, 0) is 4.79 Å². The number of carbonyl (C=O) groups is 1. The molecule has 0 unspecified atom stereocenters. The molecule has 0 bridgehead atoms. The zero-order valence-corrected chi connectivity index (χ0v) is 7.05. The fourth-order valence-electron chi connectivity index (χ4n) is 0.804. The van der Waals surface area contributed by atoms with Crippen molar-refractivity contribution in [3.63, 3.8) is 0 Å². The standard InChI is InChI=1S/C9H12N2O/c1-2-9(12)11-7-10-8-5-3-4-6-8/h3,5-6,10H,2,7H2,1H3,(H,11,12). The lowest BCUT2D eigenvalue weighted by molar-refractivity contribution is -0.120. The Morgan fingerprint density at radius 3 is 3.08 bits per heavy atom. The summed E-state index contributed by atoms with van der Waals surface area (Å²) in [5.74, 6) is 0.0537. The van der Waals surface area contributed by atoms with Crippen molar-refractivity contribution in [2.75, 3.05) is 6.67 Å². The van der Waals surface area contributed by atoms with Crippen LogP contribution in [0.25, 0.3) is 0 Å². The molecule has 0 heterocycles. The van der Waals surface area contributed by atoms with Gasteiger partial charge in [-0.05, 0) is 12.2 Å². The molecule has 1 aliphatic carbocycles. The highest BCUT2D eigenvalue weighted by atomic mass is 16.1. The molecule has 0 saturated carbocycles. The Morgan fingerprint density at radius 1 is 1.67 bits per heavy atom. The fourth-order valence-corrected chi connectivity index (χ4v) is 0.804. The molecule has 1 amide bonds. The minimum absolute atomic E-state index is 0.0537. The first-order valence-corrected chi connectivity index (χ1v) is 3.96. The summed E-state index contributed by atoms with van der Waals surface area (Å²) in [6.07, 6.45) is 6.08. The van der Waals surface area contributed by atoms with Gasteiger partial charge in [-0.2, -0.15) is 0 Å². The monoisotopic (exact) mass is 164 g/mol. The van der Waals surface area contributed by atoms with Crippen molar-refractivity contribution < 1.29 is 4.79 Å². The van der Waals surface area contributed by atoms with E-state index < -0.39 is 0 Å². The molecule has 0 saturated heterocycles. The summed E-state index contributed by atoms with van der Waals surface area (Å²) < 4.78 is 0. The Balaban J connectivity index is 2.11. The minimum Gasteiger partial charge on any atom is -0.367 e. The molecule has 0 spiro atoms. The molecule has 1 rings (SSSR count). The maximum absolute atomic E-state index is 10.8. The zero-order chi connectivity index (χ0) is 8.81. The van der Waals surface area contributed by atoms with Crippen molar-refractivity contribution in [1.82, 2.24) is 10.6 Å². The third-order valence-corrected chi connectivity index (χ3v) is 1.50. The Morgan fingerprint density at radius 2 is 2.50 bits per heavy atom. The Kier molecular flexibility index (Phi) is 3.17. The molecule has 64 valence electrons. The van der Waals surface area contributed by atoms with Gasteiger partial charge in [0, 0.05) is 18.2 Å². The van der Waals surface area contributed by atoms with E-state index in [4.69, 9.17) is 0 Å². The SMILES string of the molecule is CCC(=O)NCNC1=CC=C=C1. The third-order valence-electron chi connectivity index (χ3n) is 1.50. The van der Waals surface area contributed by atoms with E-state index >= 15 is 0 Å². The molecule has 0 aromatic rings. The first kappa shape index (κ1) is 8.62. The average Bonchev–Trinajstić information content (AvgIpc) is 2.57. The summed E-state index contributed by atoms with van der Waals surface area (Å²) in [4.78, 5) is 10.8. The first-order chi connectivity index (χ1) is 5.83. The summed E-state index contributed by atoms with van der Waals surface area (Å²) in [7, 11) is 0. The first-order valence-electron chi connectivity index (χ1n) is 3.96. The van der Waals surface area contributed by atoms with E-state index in [0.29, 0.717) is 13.1 Å². The Bertz CT molecular complexity index is 260. The van der Waals surface area contributed by atoms with E-state index in [-0.39, 0.29) is 5.91 Å². The predicted molar refractivity (Wildman–Crippen MR) is 47.2 cm³/mol. The van der Waals surface area contributed by atoms with Gasteiger partial charge in [0.15, 0.2) is 0 Å². The van der Waals surface area contributed by atoms with Crippen LogP contribution in [0.1, 0.15) is 13.3 Å². The lowest BCUT2D eigenvalue weighted by atomic mass is 10.4. The topological polar surface area (TPSA) is 41.1 Å². The molecular formula is C9H12N2O. The number of hydrogen-bond acceptors (Lipinski definition) is 2. The van der Waals surface area contributed by atoms with Gasteiger partial charge in [0.2, 0.25) is 5.91 Å². The van der Waals surface area contributed by atoms with Gasteiger partial charge >= 0.3 is 0 Å². The van der Waals surface area contributed by atoms with Crippen LogP contribution < -0.4 is 10.6 Å². The van der Waals surface area contributed by atoms with Crippen LogP contribution in [0, 0.1) is 0 Å². The van der Waals surface area contributed by atoms with Crippen LogP contribution >= 0.6 is 0 Å². The van der Waals surface area contributed by atoms with Gasteiger partial charge in [-0.25, -0.2) is 0 Å². The maximum atomic E-state index is 10.8. The van der Waals surface area contributed by atoms with Gasteiger partial charge in [-0.1, -0.05) is 6.92 Å². The quantitative estimate of drug-likeness (QED) is 0.473. The minimum atomic E-state index is 0.0537. The number of carbonyl (C=O) groups excluding carboxylic acids is 1. The average molecular weight is 164 g/mol. The van der Waals surface area contributed by atoms with E-state index in [9.17, 15) is 4.79 Å². The van der Waals surface area contributed by atoms with Crippen LogP contribution in [0.4, 0.5) is 0 Å². The highest BCUT2D eigenvalue weighted by Crippen LogP contribution is 1.96. The van der Waals surface area contributed by atoms with E-state index in [1.807, 2.05) is 25.2 Å². The van der Waals surface area contributed by atoms with E-state index in [0.717, 1.165) is 5.70 Å². The van der Waals surface area contributed by atoms with Crippen molar-refractivity contribution in [1.29, 1.82) is 0 Å². The smallest absolute Gasteiger partial charge is 0.221 e. The molecule has 0 aromatic carbocycles. The second kappa shape index (κ2) is 4.42. The van der Waals surface area contributed by atoms with Crippen molar-refractivity contribution in [3.8, 4) is 0 Å². The fraction of sp³-hybridized carbons (Fsp3) is 0.333. The molecular weight excluding hydrogens is 152 g/mol. The summed E-state index contributed by atoms with van der Waals surface area (Å²) in [5, 5.41) is 5.73. The summed E-state index contributed by atoms with van der Waals surface area (Å²) >= 11 is 0. The largest absolute Gasteiger partial charge is 0.367 e. The van der Waals surface area contributed by atoms with Gasteiger partial charge in [-0.15, -0.1) is 5.73 Å². The molecule has 1 aliphatic rings. The Labute approximate surface area is 71.8 Å². The van der Waals surface area contributed by atoms with Crippen molar-refractivity contribution in [2.24, 2.45) is 0 Å². The van der Waals surface area contributed by atoms with Crippen LogP contribution in [0.15, 0.2) is 29.7 Å². The van der Waals surface area contributed by atoms with Gasteiger partial charge in [0.1, 0.15) is 0 Å². The Hall–Kier alpha value is -1.47. The number of nitrogens with one attached hydrogen (secondary N) is 2. The lowest BCUT2D eigenvalue weighted by Crippen LogP contribution is -2.32. The van der Waals surface area contributed by atoms with Crippen LogP contribution in [0.3, 0.4) is 0 Å². The molecule has 12 heavy (non-hydrogen) atoms. The predicted octanol–water partition coefficient (Wildman–Crippen LogP) is 0.668. The molecule has 2 N–H and O–H groups in total. The van der Waals surface area contributed by atoms with Gasteiger partial charge in [0.05, 0.1) is 6.67 Å². The molecule has 0 atom stereocenters. The number of rotatable bonds is 4. The van der Waals surface area contributed by atoms with Crippen molar-refractivity contribution >= 4 is 5.91 Å². The highest BCUT2D eigenvalue weighted by molar-refractivity contribution is 5.75. The van der Waals surface area contributed by atoms with Crippen molar-refractivity contribution in [3.05, 3.63) is 29.7 Å². The number of allylic oxidation sites excluding steroid dienone is 2. The molecule has 0 fully saturated rings. The molecule has 3 heteroatoms. The van der Waals surface area contributed by atoms with E-state index in [1.165, 1.54) is 0 Å². The summed E-state index contributed by atoms with van der Waals surface area (Å²) in [5.41, 5.74) is 3.88. The van der Waals surface area contributed by atoms with Gasteiger partial charge in [0.25, 0.3) is 0 Å². The number of amides is 1. The molecule has 3 nitrogen and oxygen atoms in total. The number of hydrogen-bond donors (Lipinski definition) is 2. The highest BCUT2D eigenvalue weighted by Gasteiger charge is 1.95. The van der Waals surface area contributed by atoms with Gasteiger partial charge < -0.3 is 10.6 Å². The summed E-state index contributed by atoms with van der Waals surface area (Å²) in [6, 6.07) is 0. The van der Waals surface area contributed by atoms with E-state index in [2.05, 4.69) is 16.4 Å². The summed E-state index contributed by atoms with van der Waals surface area (Å²) in [6.45, 7) is 2.30. The van der Waals surface area contributed by atoms with Gasteiger partial charge in [-0.3, -0.25) is 4.79 Å². The molecule has 0 aromatic heterocycles. The maximum Gasteiger partial charge on any atom is 0.221 e. The van der Waals surface area contributed by atoms with Crippen LogP contribution in [-0.4, -0.2) is 12.6 Å². The van der Waals surface area contributed by atoms with Crippen molar-refractivity contribution in [2.45, 2.75) is 13.3 Å². The lowest BCUT2D eigenvalue weighted by Gasteiger charge is -2.05. The van der Waals surface area contributed by atoms with E-state index in [1.54, 1.807) is 0 Å². The molecule has 0 aliphatic heterocycles. The second-order valence-corrected chi connectivity index (χ2v) is 2.41. The van der Waals surface area contributed by atoms with Crippen LogP contribution in [0.2, 0.25) is 0 Å². The molecule has 0 radical (unpaired) electrons. The third kappa shape index (κ3) is 2.64. The zero-order valence-electron chi connectivity index (χ0n) is 7.05. The normalized spacial score (nSPS) is 12.9. The van der Waals surface area contributed by atoms with Crippen LogP contribution in [0.5, 0.6) is 0 Å².